The molecule has 0 saturated heterocycles. The van der Waals surface area contributed by atoms with Gasteiger partial charge in [-0.25, -0.2) is 0 Å². The lowest BCUT2D eigenvalue weighted by Gasteiger charge is -2.18. The van der Waals surface area contributed by atoms with Gasteiger partial charge in [-0.15, -0.1) is 0 Å². The van der Waals surface area contributed by atoms with Crippen molar-refractivity contribution in [2.75, 3.05) is 13.2 Å². The molecule has 0 fully saturated rings. The zero-order valence-electron chi connectivity index (χ0n) is 48.8. The van der Waals surface area contributed by atoms with Crippen LogP contribution in [0.3, 0.4) is 0 Å². The summed E-state index contributed by atoms with van der Waals surface area (Å²) in [7, 11) is 0. The maximum Gasteiger partial charge on any atom is 0.309 e. The molecule has 1 unspecified atom stereocenters. The van der Waals surface area contributed by atoms with Gasteiger partial charge in [0.1, 0.15) is 13.2 Å². The molecule has 0 aliphatic rings. The molecule has 0 aromatic carbocycles. The van der Waals surface area contributed by atoms with Crippen molar-refractivity contribution in [3.05, 3.63) is 122 Å². The predicted molar refractivity (Wildman–Crippen MR) is 325 cm³/mol. The van der Waals surface area contributed by atoms with Crippen LogP contribution < -0.4 is 0 Å². The molecule has 0 spiro atoms. The fraction of sp³-hybridized carbons (Fsp3) is 0.667. The molecule has 0 aliphatic carbocycles. The number of carbonyl (C=O) groups is 3. The molecule has 426 valence electrons. The van der Waals surface area contributed by atoms with Crippen LogP contribution in [0, 0.1) is 0 Å². The minimum atomic E-state index is -0.830. The Morgan fingerprint density at radius 1 is 0.293 bits per heavy atom. The maximum absolute atomic E-state index is 12.9. The van der Waals surface area contributed by atoms with Gasteiger partial charge in [-0.2, -0.15) is 0 Å². The number of hydrogen-bond donors (Lipinski definition) is 0. The van der Waals surface area contributed by atoms with Crippen LogP contribution in [-0.4, -0.2) is 37.2 Å². The van der Waals surface area contributed by atoms with E-state index in [1.807, 2.05) is 6.08 Å². The van der Waals surface area contributed by atoms with Gasteiger partial charge in [0.05, 0.1) is 6.42 Å². The number of hydrogen-bond acceptors (Lipinski definition) is 6. The van der Waals surface area contributed by atoms with E-state index in [-0.39, 0.29) is 38.0 Å². The molecule has 0 aromatic rings. The topological polar surface area (TPSA) is 78.9 Å². The molecular formula is C69H114O6. The first-order valence-electron chi connectivity index (χ1n) is 31.0. The number of carbonyl (C=O) groups excluding carboxylic acids is 3. The van der Waals surface area contributed by atoms with E-state index in [1.165, 1.54) is 128 Å². The number of esters is 3. The van der Waals surface area contributed by atoms with E-state index in [2.05, 4.69) is 130 Å². The number of unbranched alkanes of at least 4 members (excludes halogenated alkanes) is 25. The maximum atomic E-state index is 12.9. The third-order valence-electron chi connectivity index (χ3n) is 13.0. The Morgan fingerprint density at radius 3 is 0.947 bits per heavy atom. The number of allylic oxidation sites excluding steroid dienone is 19. The quantitative estimate of drug-likeness (QED) is 0.0261. The summed E-state index contributed by atoms with van der Waals surface area (Å²) in [6.45, 7) is 6.33. The fourth-order valence-electron chi connectivity index (χ4n) is 8.38. The lowest BCUT2D eigenvalue weighted by Crippen LogP contribution is -2.30. The van der Waals surface area contributed by atoms with Crippen LogP contribution >= 0.6 is 0 Å². The van der Waals surface area contributed by atoms with Gasteiger partial charge >= 0.3 is 17.9 Å². The molecule has 6 heteroatoms. The molecule has 6 nitrogen and oxygen atoms in total. The average molecular weight is 1040 g/mol. The Balaban J connectivity index is 4.45. The molecule has 0 bridgehead atoms. The molecule has 0 radical (unpaired) electrons. The minimum absolute atomic E-state index is 0.116. The van der Waals surface area contributed by atoms with E-state index < -0.39 is 12.1 Å². The molecular weight excluding hydrogens is 925 g/mol. The van der Waals surface area contributed by atoms with E-state index in [0.717, 1.165) is 109 Å². The van der Waals surface area contributed by atoms with Crippen LogP contribution in [0.2, 0.25) is 0 Å². The SMILES string of the molecule is CC/C=C\C/C=C\C/C=C\C/C=C\C/C=C\CC(=O)OCC(COC(=O)CCCCCCCCCCCCC/C=C\CCCCCCCCCC)OC(=O)CCCCCCCC/C=C\C/C=C\C/C=C\C/C=C\CC. The first kappa shape index (κ1) is 70.8. The van der Waals surface area contributed by atoms with Crippen LogP contribution in [0.25, 0.3) is 0 Å². The number of rotatable bonds is 55. The van der Waals surface area contributed by atoms with E-state index >= 15 is 0 Å². The van der Waals surface area contributed by atoms with Crippen molar-refractivity contribution in [3.63, 3.8) is 0 Å². The van der Waals surface area contributed by atoms with Gasteiger partial charge in [0.25, 0.3) is 0 Å². The fourth-order valence-corrected chi connectivity index (χ4v) is 8.38. The van der Waals surface area contributed by atoms with Crippen molar-refractivity contribution in [1.82, 2.24) is 0 Å². The van der Waals surface area contributed by atoms with Gasteiger partial charge in [0.2, 0.25) is 0 Å². The van der Waals surface area contributed by atoms with Gasteiger partial charge < -0.3 is 14.2 Å². The van der Waals surface area contributed by atoms with Gasteiger partial charge in [-0.3, -0.25) is 14.4 Å². The second-order valence-electron chi connectivity index (χ2n) is 20.2. The van der Waals surface area contributed by atoms with Crippen molar-refractivity contribution >= 4 is 17.9 Å². The zero-order chi connectivity index (χ0) is 54.3. The minimum Gasteiger partial charge on any atom is -0.462 e. The van der Waals surface area contributed by atoms with Crippen molar-refractivity contribution in [2.45, 2.75) is 284 Å². The highest BCUT2D eigenvalue weighted by Gasteiger charge is 2.19. The van der Waals surface area contributed by atoms with Crippen molar-refractivity contribution in [2.24, 2.45) is 0 Å². The third kappa shape index (κ3) is 60.6. The lowest BCUT2D eigenvalue weighted by atomic mass is 10.0. The summed E-state index contributed by atoms with van der Waals surface area (Å²) in [5.74, 6) is -1.06. The van der Waals surface area contributed by atoms with Gasteiger partial charge in [0, 0.05) is 12.8 Å². The Bertz CT molecular complexity index is 1570. The van der Waals surface area contributed by atoms with E-state index in [4.69, 9.17) is 14.2 Å². The molecule has 0 saturated carbocycles. The summed E-state index contributed by atoms with van der Waals surface area (Å²) in [5.41, 5.74) is 0. The van der Waals surface area contributed by atoms with E-state index in [1.54, 1.807) is 6.08 Å². The molecule has 0 rings (SSSR count). The monoisotopic (exact) mass is 1040 g/mol. The summed E-state index contributed by atoms with van der Waals surface area (Å²) in [5, 5.41) is 0. The van der Waals surface area contributed by atoms with Crippen molar-refractivity contribution < 1.29 is 28.6 Å². The second-order valence-corrected chi connectivity index (χ2v) is 20.2. The lowest BCUT2D eigenvalue weighted by molar-refractivity contribution is -0.166. The Labute approximate surface area is 462 Å². The smallest absolute Gasteiger partial charge is 0.309 e. The summed E-state index contributed by atoms with van der Waals surface area (Å²) < 4.78 is 16.8. The average Bonchev–Trinajstić information content (AvgIpc) is 3.41. The normalized spacial score (nSPS) is 12.9. The highest BCUT2D eigenvalue weighted by atomic mass is 16.6. The molecule has 1 atom stereocenters. The van der Waals surface area contributed by atoms with Crippen LogP contribution in [0.1, 0.15) is 278 Å². The largest absolute Gasteiger partial charge is 0.462 e. The second kappa shape index (κ2) is 62.4. The molecule has 0 aromatic heterocycles. The first-order chi connectivity index (χ1) is 37.0. The Kier molecular flexibility index (Phi) is 58.9. The zero-order valence-corrected chi connectivity index (χ0v) is 48.8. The van der Waals surface area contributed by atoms with E-state index in [0.29, 0.717) is 6.42 Å². The van der Waals surface area contributed by atoms with Crippen LogP contribution in [0.15, 0.2) is 122 Å². The standard InChI is InChI=1S/C69H114O6/c1-4-7-10-13-16-19-22-25-28-30-32-33-34-35-37-38-41-44-47-50-53-56-59-62-68(71)74-65-66(64-73-67(70)61-58-55-52-49-46-43-40-27-24-21-18-15-12-9-6-3)75-69(72)63-60-57-54-51-48-45-42-39-36-31-29-26-23-20-17-14-11-8-5-2/h8-9,11-12,17-18,20-21,26-27,29-30,32,36,39-40,46,49,55,58,66H,4-7,10,13-16,19,22-25,28,31,33-35,37-38,41-45,47-48,50-54,56-57,59-65H2,1-3H3/b11-8-,12-9-,20-17-,21-18-,29-26-,32-30-,39-36-,40-27-,49-46-,58-55-. The predicted octanol–water partition coefficient (Wildman–Crippen LogP) is 21.2. The summed E-state index contributed by atoms with van der Waals surface area (Å²) >= 11 is 0. The molecule has 0 amide bonds. The summed E-state index contributed by atoms with van der Waals surface area (Å²) in [6, 6.07) is 0. The molecule has 0 heterocycles. The van der Waals surface area contributed by atoms with Crippen molar-refractivity contribution in [3.8, 4) is 0 Å². The van der Waals surface area contributed by atoms with Gasteiger partial charge in [0.15, 0.2) is 6.10 Å². The molecule has 75 heavy (non-hydrogen) atoms. The molecule has 0 aliphatic heterocycles. The Hall–Kier alpha value is -4.19. The van der Waals surface area contributed by atoms with Crippen LogP contribution in [0.4, 0.5) is 0 Å². The first-order valence-corrected chi connectivity index (χ1v) is 31.0. The van der Waals surface area contributed by atoms with Gasteiger partial charge in [-0.05, 0) is 109 Å². The highest BCUT2D eigenvalue weighted by molar-refractivity contribution is 5.72. The Morgan fingerprint density at radius 2 is 0.573 bits per heavy atom. The van der Waals surface area contributed by atoms with E-state index in [9.17, 15) is 14.4 Å². The van der Waals surface area contributed by atoms with Crippen molar-refractivity contribution in [1.29, 1.82) is 0 Å². The van der Waals surface area contributed by atoms with Crippen LogP contribution in [0.5, 0.6) is 0 Å². The van der Waals surface area contributed by atoms with Gasteiger partial charge in [-0.1, -0.05) is 271 Å². The summed E-state index contributed by atoms with van der Waals surface area (Å²) in [4.78, 5) is 38.2. The summed E-state index contributed by atoms with van der Waals surface area (Å²) in [6.07, 6.45) is 86.6. The third-order valence-corrected chi connectivity index (χ3v) is 13.0. The number of ether oxygens (including phenoxy) is 3. The highest BCUT2D eigenvalue weighted by Crippen LogP contribution is 2.15. The van der Waals surface area contributed by atoms with Crippen LogP contribution in [-0.2, 0) is 28.6 Å². The molecule has 0 N–H and O–H groups in total.